The molecule has 17 aromatic carbocycles. The monoisotopic (exact) mass is 1270 g/mol. The van der Waals surface area contributed by atoms with E-state index >= 15 is 0 Å². The molecule has 100 heavy (non-hydrogen) atoms. The standard InChI is InChI=1S/C96H66BN3/c1-96(2,3)69-50-47-61(48-51-69)68-58-89-93-90(59-68)100(95-74(64-29-12-6-13-30-64)39-23-40-75(95)65-31-14-7-15-32-65)88-60-70(98-85-45-18-16-35-76(85)77-36-17-19-46-86(77)98)52-56-84(88)97(93)83-55-49-67(71-53-54-82-80-42-21-34-66-33-20-41-79(91(66)80)81-44-24-43-78(71)92(81)82)57-87(83)99(89)94-72(62-25-8-4-9-26-62)37-22-38-73(94)63-27-10-5-11-28-63/h4-60H,1-3H3. The molecule has 2 aliphatic heterocycles. The SMILES string of the molecule is CC(C)(C)c1ccc(-c2cc3c4c(c2)N(c2c(-c5ccccc5)cccc2-c2ccccc2)c2cc(-n5c6ccccc6c6ccccc65)ccc2B4c2ccc(-c4ccc5c6cccc7cccc(c8cccc4c85)c76)cc2N3c2c(-c3ccccc3)cccc2-c2ccccc2)cc1. The highest BCUT2D eigenvalue weighted by molar-refractivity contribution is 7.00. The number of aromatic nitrogens is 1. The predicted molar refractivity (Wildman–Crippen MR) is 427 cm³/mol. The Balaban J connectivity index is 0.950. The van der Waals surface area contributed by atoms with Crippen LogP contribution in [0.5, 0.6) is 0 Å². The second-order valence-electron chi connectivity index (χ2n) is 28.2. The highest BCUT2D eigenvalue weighted by atomic mass is 15.2. The molecule has 18 aromatic rings. The first-order valence-corrected chi connectivity index (χ1v) is 35.0. The fourth-order valence-electron chi connectivity index (χ4n) is 17.2. The molecule has 3 heterocycles. The van der Waals surface area contributed by atoms with Crippen LogP contribution in [-0.4, -0.2) is 11.3 Å². The highest BCUT2D eigenvalue weighted by Crippen LogP contribution is 2.55. The van der Waals surface area contributed by atoms with Crippen molar-refractivity contribution < 1.29 is 0 Å². The van der Waals surface area contributed by atoms with E-state index < -0.39 is 0 Å². The second-order valence-corrected chi connectivity index (χ2v) is 28.2. The molecule has 3 nitrogen and oxygen atoms in total. The Bertz CT molecular complexity index is 6090. The highest BCUT2D eigenvalue weighted by Gasteiger charge is 2.46. The van der Waals surface area contributed by atoms with E-state index in [4.69, 9.17) is 0 Å². The van der Waals surface area contributed by atoms with Crippen LogP contribution in [0, 0.1) is 0 Å². The molecule has 0 unspecified atom stereocenters. The summed E-state index contributed by atoms with van der Waals surface area (Å²) < 4.78 is 2.49. The summed E-state index contributed by atoms with van der Waals surface area (Å²) in [4.78, 5) is 5.39. The first-order valence-electron chi connectivity index (χ1n) is 35.0. The van der Waals surface area contributed by atoms with Crippen molar-refractivity contribution in [3.8, 4) is 72.4 Å². The van der Waals surface area contributed by atoms with E-state index in [1.54, 1.807) is 0 Å². The third-order valence-electron chi connectivity index (χ3n) is 21.7. The van der Waals surface area contributed by atoms with Gasteiger partial charge in [0.05, 0.1) is 22.4 Å². The lowest BCUT2D eigenvalue weighted by Gasteiger charge is -2.46. The van der Waals surface area contributed by atoms with Crippen molar-refractivity contribution in [2.24, 2.45) is 0 Å². The zero-order valence-corrected chi connectivity index (χ0v) is 55.8. The van der Waals surface area contributed by atoms with Crippen LogP contribution in [0.2, 0.25) is 0 Å². The Morgan fingerprint density at radius 2 is 0.660 bits per heavy atom. The number of hydrogen-bond donors (Lipinski definition) is 0. The molecule has 0 bridgehead atoms. The van der Waals surface area contributed by atoms with Crippen molar-refractivity contribution in [3.05, 3.63) is 351 Å². The van der Waals surface area contributed by atoms with Gasteiger partial charge in [0.1, 0.15) is 0 Å². The number of fused-ring (bicyclic) bond motifs is 9. The van der Waals surface area contributed by atoms with Crippen LogP contribution in [0.4, 0.5) is 34.1 Å². The molecule has 0 N–H and O–H groups in total. The maximum atomic E-state index is 2.70. The minimum absolute atomic E-state index is 0.0485. The summed E-state index contributed by atoms with van der Waals surface area (Å²) >= 11 is 0. The summed E-state index contributed by atoms with van der Waals surface area (Å²) in [6.45, 7) is 6.70. The summed E-state index contributed by atoms with van der Waals surface area (Å²) in [5.74, 6) is 0. The molecular weight excluding hydrogens is 1210 g/mol. The molecule has 0 aliphatic carbocycles. The van der Waals surface area contributed by atoms with Crippen LogP contribution in [0.1, 0.15) is 26.3 Å². The molecule has 0 amide bonds. The summed E-state index contributed by atoms with van der Waals surface area (Å²) in [6.07, 6.45) is 0. The quantitative estimate of drug-likeness (QED) is 0.0811. The van der Waals surface area contributed by atoms with Gasteiger partial charge in [0.2, 0.25) is 0 Å². The number of anilines is 6. The van der Waals surface area contributed by atoms with Crippen molar-refractivity contribution in [2.45, 2.75) is 26.2 Å². The van der Waals surface area contributed by atoms with Crippen molar-refractivity contribution in [1.82, 2.24) is 4.57 Å². The van der Waals surface area contributed by atoms with E-state index in [0.717, 1.165) is 101 Å². The van der Waals surface area contributed by atoms with Crippen molar-refractivity contribution in [1.29, 1.82) is 0 Å². The van der Waals surface area contributed by atoms with Gasteiger partial charge in [-0.15, -0.1) is 0 Å². The zero-order valence-electron chi connectivity index (χ0n) is 55.8. The summed E-state index contributed by atoms with van der Waals surface area (Å²) in [6, 6.07) is 131. The molecule has 2 aliphatic rings. The third-order valence-corrected chi connectivity index (χ3v) is 21.7. The van der Waals surface area contributed by atoms with E-state index in [1.165, 1.54) is 92.4 Å². The molecule has 0 saturated heterocycles. The molecule has 4 heteroatoms. The molecule has 0 saturated carbocycles. The van der Waals surface area contributed by atoms with E-state index in [0.29, 0.717) is 0 Å². The van der Waals surface area contributed by atoms with Crippen LogP contribution in [0.25, 0.3) is 137 Å². The fraction of sp³-hybridized carbons (Fsp3) is 0.0417. The lowest BCUT2D eigenvalue weighted by molar-refractivity contribution is 0.590. The van der Waals surface area contributed by atoms with Gasteiger partial charge in [-0.3, -0.25) is 0 Å². The fourth-order valence-corrected chi connectivity index (χ4v) is 17.2. The third kappa shape index (κ3) is 8.86. The first kappa shape index (κ1) is 57.7. The van der Waals surface area contributed by atoms with Gasteiger partial charge in [-0.2, -0.15) is 0 Å². The van der Waals surface area contributed by atoms with Gasteiger partial charge in [-0.05, 0) is 157 Å². The maximum Gasteiger partial charge on any atom is 0.252 e. The van der Waals surface area contributed by atoms with Gasteiger partial charge in [-0.25, -0.2) is 0 Å². The Morgan fingerprint density at radius 1 is 0.260 bits per heavy atom. The van der Waals surface area contributed by atoms with Crippen molar-refractivity contribution in [3.63, 3.8) is 0 Å². The number of hydrogen-bond acceptors (Lipinski definition) is 2. The lowest BCUT2D eigenvalue weighted by Crippen LogP contribution is -2.61. The van der Waals surface area contributed by atoms with E-state index in [1.807, 2.05) is 0 Å². The molecule has 468 valence electrons. The largest absolute Gasteiger partial charge is 0.310 e. The average molecular weight is 1270 g/mol. The molecule has 0 radical (unpaired) electrons. The smallest absolute Gasteiger partial charge is 0.252 e. The van der Waals surface area contributed by atoms with Crippen LogP contribution in [0.15, 0.2) is 346 Å². The normalized spacial score (nSPS) is 12.7. The van der Waals surface area contributed by atoms with Crippen molar-refractivity contribution >= 4 is 122 Å². The Morgan fingerprint density at radius 3 is 1.17 bits per heavy atom. The number of benzene rings is 17. The van der Waals surface area contributed by atoms with E-state index in [2.05, 4.69) is 381 Å². The Hall–Kier alpha value is -12.5. The van der Waals surface area contributed by atoms with Gasteiger partial charge < -0.3 is 14.4 Å². The topological polar surface area (TPSA) is 11.4 Å². The van der Waals surface area contributed by atoms with Crippen LogP contribution in [0.3, 0.4) is 0 Å². The molecule has 0 atom stereocenters. The van der Waals surface area contributed by atoms with Gasteiger partial charge in [0.25, 0.3) is 6.71 Å². The second kappa shape index (κ2) is 22.5. The molecular formula is C96H66BN3. The minimum Gasteiger partial charge on any atom is -0.310 e. The maximum absolute atomic E-state index is 2.70. The van der Waals surface area contributed by atoms with Gasteiger partial charge in [-0.1, -0.05) is 324 Å². The molecule has 0 spiro atoms. The number of rotatable bonds is 9. The van der Waals surface area contributed by atoms with Crippen LogP contribution >= 0.6 is 0 Å². The number of nitrogens with zero attached hydrogens (tertiary/aromatic N) is 3. The minimum atomic E-state index is -0.234. The predicted octanol–water partition coefficient (Wildman–Crippen LogP) is 24.2. The molecule has 0 fully saturated rings. The zero-order chi connectivity index (χ0) is 66.3. The van der Waals surface area contributed by atoms with Crippen LogP contribution in [-0.2, 0) is 5.41 Å². The lowest BCUT2D eigenvalue weighted by atomic mass is 9.33. The first-order chi connectivity index (χ1) is 49.3. The average Bonchev–Trinajstić information content (AvgIpc) is 0.715. The van der Waals surface area contributed by atoms with Gasteiger partial charge in [0.15, 0.2) is 0 Å². The van der Waals surface area contributed by atoms with Gasteiger partial charge in [0, 0.05) is 61.5 Å². The van der Waals surface area contributed by atoms with E-state index in [-0.39, 0.29) is 12.1 Å². The van der Waals surface area contributed by atoms with Crippen LogP contribution < -0.4 is 26.2 Å². The van der Waals surface area contributed by atoms with Gasteiger partial charge >= 0.3 is 0 Å². The molecule has 1 aromatic heterocycles. The summed E-state index contributed by atoms with van der Waals surface area (Å²) in [7, 11) is 0. The summed E-state index contributed by atoms with van der Waals surface area (Å²) in [5, 5.41) is 12.7. The van der Waals surface area contributed by atoms with E-state index in [9.17, 15) is 0 Å². The Labute approximate surface area is 582 Å². The summed E-state index contributed by atoms with van der Waals surface area (Å²) in [5.41, 5.74) is 28.9. The number of para-hydroxylation sites is 4. The molecule has 20 rings (SSSR count). The Kier molecular flexibility index (Phi) is 13.0. The van der Waals surface area contributed by atoms with Crippen molar-refractivity contribution in [2.75, 3.05) is 9.80 Å².